The van der Waals surface area contributed by atoms with Gasteiger partial charge in [0.1, 0.15) is 5.82 Å². The van der Waals surface area contributed by atoms with Gasteiger partial charge in [0, 0.05) is 37.3 Å². The van der Waals surface area contributed by atoms with Crippen LogP contribution in [0.15, 0.2) is 18.2 Å². The van der Waals surface area contributed by atoms with Crippen molar-refractivity contribution in [1.29, 1.82) is 0 Å². The molecule has 3 rings (SSSR count). The Kier molecular flexibility index (Phi) is 4.57. The minimum absolute atomic E-state index is 0.0116. The molecule has 0 bridgehead atoms. The van der Waals surface area contributed by atoms with Gasteiger partial charge in [-0.3, -0.25) is 9.80 Å². The van der Waals surface area contributed by atoms with E-state index in [4.69, 9.17) is 5.73 Å². The number of likely N-dealkylation sites (tertiary alicyclic amines) is 2. The summed E-state index contributed by atoms with van der Waals surface area (Å²) in [6.07, 6.45) is 3.83. The van der Waals surface area contributed by atoms with Crippen molar-refractivity contribution in [3.05, 3.63) is 35.1 Å². The molecular weight excluding hydrogens is 265 g/mol. The zero-order valence-corrected chi connectivity index (χ0v) is 12.9. The molecule has 116 valence electrons. The van der Waals surface area contributed by atoms with E-state index in [0.29, 0.717) is 12.6 Å². The Morgan fingerprint density at radius 2 is 2.05 bits per heavy atom. The standard InChI is InChI=1S/C17H26FN3/c1-13-4-5-16(18)15(10-13)17(11-19)21-9-6-14(12-21)20-7-2-3-8-20/h4-5,10,14,17H,2-3,6-9,11-12,19H2,1H3. The highest BCUT2D eigenvalue weighted by molar-refractivity contribution is 5.27. The number of rotatable bonds is 4. The Hall–Kier alpha value is -0.970. The van der Waals surface area contributed by atoms with E-state index in [1.165, 1.54) is 32.4 Å². The third-order valence-electron chi connectivity index (χ3n) is 5.03. The number of nitrogens with zero attached hydrogens (tertiary/aromatic N) is 2. The Balaban J connectivity index is 1.73. The highest BCUT2D eigenvalue weighted by atomic mass is 19.1. The normalized spacial score (nSPS) is 25.6. The second-order valence-electron chi connectivity index (χ2n) is 6.46. The van der Waals surface area contributed by atoms with Crippen LogP contribution in [0.1, 0.15) is 36.4 Å². The van der Waals surface area contributed by atoms with Crippen LogP contribution in [0.3, 0.4) is 0 Å². The lowest BCUT2D eigenvalue weighted by Crippen LogP contribution is -2.38. The first-order chi connectivity index (χ1) is 10.2. The highest BCUT2D eigenvalue weighted by Crippen LogP contribution is 2.29. The van der Waals surface area contributed by atoms with Crippen molar-refractivity contribution in [1.82, 2.24) is 9.80 Å². The first-order valence-electron chi connectivity index (χ1n) is 8.13. The van der Waals surface area contributed by atoms with Gasteiger partial charge in [0.25, 0.3) is 0 Å². The third-order valence-corrected chi connectivity index (χ3v) is 5.03. The monoisotopic (exact) mass is 291 g/mol. The van der Waals surface area contributed by atoms with E-state index >= 15 is 0 Å². The van der Waals surface area contributed by atoms with Crippen molar-refractivity contribution in [2.45, 2.75) is 38.3 Å². The van der Waals surface area contributed by atoms with Crippen LogP contribution in [0.25, 0.3) is 0 Å². The van der Waals surface area contributed by atoms with Gasteiger partial charge in [0.2, 0.25) is 0 Å². The molecule has 21 heavy (non-hydrogen) atoms. The predicted octanol–water partition coefficient (Wildman–Crippen LogP) is 2.30. The maximum Gasteiger partial charge on any atom is 0.128 e. The van der Waals surface area contributed by atoms with Crippen molar-refractivity contribution < 1.29 is 4.39 Å². The lowest BCUT2D eigenvalue weighted by molar-refractivity contribution is 0.200. The molecule has 2 atom stereocenters. The molecule has 2 aliphatic rings. The van der Waals surface area contributed by atoms with E-state index in [1.807, 2.05) is 19.1 Å². The smallest absolute Gasteiger partial charge is 0.128 e. The van der Waals surface area contributed by atoms with Crippen molar-refractivity contribution in [3.63, 3.8) is 0 Å². The van der Waals surface area contributed by atoms with Crippen molar-refractivity contribution in [3.8, 4) is 0 Å². The molecule has 0 aromatic heterocycles. The fourth-order valence-electron chi connectivity index (χ4n) is 3.85. The van der Waals surface area contributed by atoms with Gasteiger partial charge in [-0.25, -0.2) is 4.39 Å². The lowest BCUT2D eigenvalue weighted by Gasteiger charge is -2.29. The summed E-state index contributed by atoms with van der Waals surface area (Å²) in [5.74, 6) is -0.124. The van der Waals surface area contributed by atoms with Gasteiger partial charge in [-0.05, 0) is 45.3 Å². The van der Waals surface area contributed by atoms with Crippen LogP contribution >= 0.6 is 0 Å². The van der Waals surface area contributed by atoms with Gasteiger partial charge in [0.15, 0.2) is 0 Å². The van der Waals surface area contributed by atoms with Gasteiger partial charge in [-0.2, -0.15) is 0 Å². The van der Waals surface area contributed by atoms with Gasteiger partial charge in [-0.1, -0.05) is 17.7 Å². The molecule has 2 heterocycles. The number of aryl methyl sites for hydroxylation is 1. The van der Waals surface area contributed by atoms with Gasteiger partial charge < -0.3 is 5.73 Å². The summed E-state index contributed by atoms with van der Waals surface area (Å²) >= 11 is 0. The predicted molar refractivity (Wildman–Crippen MR) is 83.7 cm³/mol. The van der Waals surface area contributed by atoms with Crippen molar-refractivity contribution in [2.75, 3.05) is 32.7 Å². The van der Waals surface area contributed by atoms with E-state index in [-0.39, 0.29) is 11.9 Å². The minimum atomic E-state index is -0.124. The molecule has 1 aromatic carbocycles. The summed E-state index contributed by atoms with van der Waals surface area (Å²) in [6.45, 7) is 6.99. The maximum absolute atomic E-state index is 14.2. The van der Waals surface area contributed by atoms with Crippen LogP contribution in [-0.4, -0.2) is 48.6 Å². The molecule has 3 nitrogen and oxygen atoms in total. The second-order valence-corrected chi connectivity index (χ2v) is 6.46. The average Bonchev–Trinajstić information content (AvgIpc) is 3.14. The Bertz CT molecular complexity index is 485. The lowest BCUT2D eigenvalue weighted by atomic mass is 10.0. The largest absolute Gasteiger partial charge is 0.329 e. The van der Waals surface area contributed by atoms with Crippen LogP contribution in [-0.2, 0) is 0 Å². The van der Waals surface area contributed by atoms with E-state index in [2.05, 4.69) is 9.80 Å². The van der Waals surface area contributed by atoms with Gasteiger partial charge in [-0.15, -0.1) is 0 Å². The first kappa shape index (κ1) is 14.9. The van der Waals surface area contributed by atoms with Crippen LogP contribution in [0.2, 0.25) is 0 Å². The van der Waals surface area contributed by atoms with Crippen molar-refractivity contribution >= 4 is 0 Å². The fraction of sp³-hybridized carbons (Fsp3) is 0.647. The summed E-state index contributed by atoms with van der Waals surface area (Å²) in [5.41, 5.74) is 7.84. The molecule has 2 N–H and O–H groups in total. The van der Waals surface area contributed by atoms with Crippen LogP contribution in [0.4, 0.5) is 4.39 Å². The summed E-state index contributed by atoms with van der Waals surface area (Å²) < 4.78 is 14.2. The summed E-state index contributed by atoms with van der Waals surface area (Å²) in [5, 5.41) is 0. The molecule has 1 aromatic rings. The van der Waals surface area contributed by atoms with Gasteiger partial charge in [0.05, 0.1) is 0 Å². The molecule has 4 heteroatoms. The molecule has 2 saturated heterocycles. The molecule has 0 saturated carbocycles. The zero-order valence-electron chi connectivity index (χ0n) is 12.9. The van der Waals surface area contributed by atoms with Crippen LogP contribution in [0.5, 0.6) is 0 Å². The van der Waals surface area contributed by atoms with E-state index in [0.717, 1.165) is 24.2 Å². The number of hydrogen-bond donors (Lipinski definition) is 1. The molecule has 2 unspecified atom stereocenters. The minimum Gasteiger partial charge on any atom is -0.329 e. The number of halogens is 1. The van der Waals surface area contributed by atoms with E-state index < -0.39 is 0 Å². The Morgan fingerprint density at radius 3 is 2.76 bits per heavy atom. The summed E-state index contributed by atoms with van der Waals surface area (Å²) in [4.78, 5) is 4.97. The molecule has 2 aliphatic heterocycles. The molecule has 2 fully saturated rings. The van der Waals surface area contributed by atoms with E-state index in [9.17, 15) is 4.39 Å². The Morgan fingerprint density at radius 1 is 1.29 bits per heavy atom. The third kappa shape index (κ3) is 3.12. The number of hydrogen-bond acceptors (Lipinski definition) is 3. The SMILES string of the molecule is Cc1ccc(F)c(C(CN)N2CCC(N3CCCC3)C2)c1. The number of benzene rings is 1. The quantitative estimate of drug-likeness (QED) is 0.924. The maximum atomic E-state index is 14.2. The molecular formula is C17H26FN3. The molecule has 0 spiro atoms. The van der Waals surface area contributed by atoms with Gasteiger partial charge >= 0.3 is 0 Å². The summed E-state index contributed by atoms with van der Waals surface area (Å²) in [7, 11) is 0. The molecule has 0 aliphatic carbocycles. The number of nitrogens with two attached hydrogens (primary N) is 1. The molecule has 0 amide bonds. The highest BCUT2D eigenvalue weighted by Gasteiger charge is 2.33. The van der Waals surface area contributed by atoms with E-state index in [1.54, 1.807) is 6.07 Å². The zero-order chi connectivity index (χ0) is 14.8. The van der Waals surface area contributed by atoms with Crippen molar-refractivity contribution in [2.24, 2.45) is 5.73 Å². The fourth-order valence-corrected chi connectivity index (χ4v) is 3.85. The second kappa shape index (κ2) is 6.42. The molecule has 0 radical (unpaired) electrons. The topological polar surface area (TPSA) is 32.5 Å². The average molecular weight is 291 g/mol. The first-order valence-corrected chi connectivity index (χ1v) is 8.13. The van der Waals surface area contributed by atoms with Crippen LogP contribution in [0, 0.1) is 12.7 Å². The Labute approximate surface area is 126 Å². The van der Waals surface area contributed by atoms with Crippen LogP contribution < -0.4 is 5.73 Å². The summed E-state index contributed by atoms with van der Waals surface area (Å²) in [6, 6.07) is 5.99.